The first-order valence-corrected chi connectivity index (χ1v) is 6.50. The number of aryl methyl sites for hydroxylation is 2. The summed E-state index contributed by atoms with van der Waals surface area (Å²) in [5.74, 6) is 0.772. The van der Waals surface area contributed by atoms with E-state index >= 15 is 0 Å². The van der Waals surface area contributed by atoms with Crippen molar-refractivity contribution in [3.8, 4) is 5.75 Å². The lowest BCUT2D eigenvalue weighted by molar-refractivity contribution is 0.378. The predicted octanol–water partition coefficient (Wildman–Crippen LogP) is 3.69. The van der Waals surface area contributed by atoms with E-state index in [0.717, 1.165) is 29.7 Å². The van der Waals surface area contributed by atoms with Gasteiger partial charge in [-0.05, 0) is 37.8 Å². The molecule has 2 N–H and O–H groups in total. The van der Waals surface area contributed by atoms with Crippen molar-refractivity contribution in [1.29, 1.82) is 0 Å². The van der Waals surface area contributed by atoms with Crippen LogP contribution in [0.25, 0.3) is 0 Å². The van der Waals surface area contributed by atoms with E-state index in [0.29, 0.717) is 5.02 Å². The second-order valence-corrected chi connectivity index (χ2v) is 5.47. The van der Waals surface area contributed by atoms with Crippen LogP contribution in [0.2, 0.25) is 5.02 Å². The Morgan fingerprint density at radius 1 is 1.24 bits per heavy atom. The second-order valence-electron chi connectivity index (χ2n) is 5.10. The third-order valence-corrected chi connectivity index (χ3v) is 4.27. The number of rotatable bonds is 2. The standard InChI is InChI=1S/C14H20ClNO/c1-9-8-10(2)12(15)13(17-3)11(9)14(16)6-4-5-7-14/h8H,4-7,16H2,1-3H3. The van der Waals surface area contributed by atoms with Crippen LogP contribution >= 0.6 is 11.6 Å². The Bertz CT molecular complexity index is 436. The number of hydrogen-bond donors (Lipinski definition) is 1. The van der Waals surface area contributed by atoms with Gasteiger partial charge in [-0.2, -0.15) is 0 Å². The third kappa shape index (κ3) is 2.04. The summed E-state index contributed by atoms with van der Waals surface area (Å²) in [7, 11) is 1.67. The van der Waals surface area contributed by atoms with Crippen molar-refractivity contribution < 1.29 is 4.74 Å². The maximum absolute atomic E-state index is 6.54. The molecular weight excluding hydrogens is 234 g/mol. The molecule has 0 bridgehead atoms. The fraction of sp³-hybridized carbons (Fsp3) is 0.571. The molecule has 2 rings (SSSR count). The number of nitrogens with two attached hydrogens (primary N) is 1. The van der Waals surface area contributed by atoms with Gasteiger partial charge in [-0.3, -0.25) is 0 Å². The van der Waals surface area contributed by atoms with Gasteiger partial charge in [0.25, 0.3) is 0 Å². The molecule has 1 fully saturated rings. The lowest BCUT2D eigenvalue weighted by Crippen LogP contribution is -2.34. The molecule has 1 aliphatic carbocycles. The molecule has 0 aromatic heterocycles. The molecule has 0 spiro atoms. The molecule has 0 unspecified atom stereocenters. The molecule has 1 aromatic rings. The highest BCUT2D eigenvalue weighted by atomic mass is 35.5. The Kier molecular flexibility index (Phi) is 3.37. The quantitative estimate of drug-likeness (QED) is 0.872. The summed E-state index contributed by atoms with van der Waals surface area (Å²) in [6.45, 7) is 4.09. The fourth-order valence-electron chi connectivity index (χ4n) is 2.99. The molecular formula is C14H20ClNO. The number of hydrogen-bond acceptors (Lipinski definition) is 2. The molecule has 0 heterocycles. The van der Waals surface area contributed by atoms with Gasteiger partial charge in [0.05, 0.1) is 12.1 Å². The largest absolute Gasteiger partial charge is 0.495 e. The Balaban J connectivity index is 2.63. The zero-order valence-electron chi connectivity index (χ0n) is 10.8. The lowest BCUT2D eigenvalue weighted by Gasteiger charge is -2.29. The third-order valence-electron chi connectivity index (χ3n) is 3.80. The second kappa shape index (κ2) is 4.51. The Morgan fingerprint density at radius 2 is 1.82 bits per heavy atom. The molecule has 1 aromatic carbocycles. The summed E-state index contributed by atoms with van der Waals surface area (Å²) < 4.78 is 5.50. The first-order chi connectivity index (χ1) is 7.99. The van der Waals surface area contributed by atoms with Crippen molar-refractivity contribution in [3.05, 3.63) is 27.8 Å². The molecule has 17 heavy (non-hydrogen) atoms. The van der Waals surface area contributed by atoms with E-state index in [4.69, 9.17) is 22.1 Å². The van der Waals surface area contributed by atoms with Crippen LogP contribution in [0.1, 0.15) is 42.4 Å². The molecule has 1 saturated carbocycles. The highest BCUT2D eigenvalue weighted by molar-refractivity contribution is 6.33. The van der Waals surface area contributed by atoms with Crippen molar-refractivity contribution >= 4 is 11.6 Å². The normalized spacial score (nSPS) is 18.4. The van der Waals surface area contributed by atoms with Gasteiger partial charge in [0.1, 0.15) is 5.75 Å². The Hall–Kier alpha value is -0.730. The Morgan fingerprint density at radius 3 is 2.35 bits per heavy atom. The summed E-state index contributed by atoms with van der Waals surface area (Å²) in [5.41, 5.74) is 9.62. The molecule has 0 saturated heterocycles. The SMILES string of the molecule is COc1c(Cl)c(C)cc(C)c1C1(N)CCCC1. The average Bonchev–Trinajstić information content (AvgIpc) is 2.70. The van der Waals surface area contributed by atoms with Crippen molar-refractivity contribution in [2.45, 2.75) is 45.1 Å². The number of benzene rings is 1. The minimum atomic E-state index is -0.257. The van der Waals surface area contributed by atoms with Gasteiger partial charge in [0, 0.05) is 11.1 Å². The van der Waals surface area contributed by atoms with E-state index in [2.05, 4.69) is 13.0 Å². The maximum atomic E-state index is 6.54. The number of ether oxygens (including phenoxy) is 1. The minimum absolute atomic E-state index is 0.257. The van der Waals surface area contributed by atoms with Gasteiger partial charge >= 0.3 is 0 Å². The van der Waals surface area contributed by atoms with Crippen molar-refractivity contribution in [3.63, 3.8) is 0 Å². The summed E-state index contributed by atoms with van der Waals surface area (Å²) in [6, 6.07) is 2.10. The van der Waals surface area contributed by atoms with E-state index in [1.165, 1.54) is 18.4 Å². The highest BCUT2D eigenvalue weighted by Crippen LogP contribution is 2.45. The maximum Gasteiger partial charge on any atom is 0.143 e. The van der Waals surface area contributed by atoms with Crippen LogP contribution in [0.15, 0.2) is 6.07 Å². The molecule has 1 aliphatic rings. The fourth-order valence-corrected chi connectivity index (χ4v) is 3.22. The summed E-state index contributed by atoms with van der Waals surface area (Å²) in [5, 5.41) is 0.699. The van der Waals surface area contributed by atoms with Gasteiger partial charge in [-0.1, -0.05) is 30.5 Å². The van der Waals surface area contributed by atoms with Gasteiger partial charge in [-0.15, -0.1) is 0 Å². The first kappa shape index (κ1) is 12.7. The van der Waals surface area contributed by atoms with E-state index < -0.39 is 0 Å². The van der Waals surface area contributed by atoms with Crippen LogP contribution in [-0.4, -0.2) is 7.11 Å². The topological polar surface area (TPSA) is 35.2 Å². The Labute approximate surface area is 108 Å². The van der Waals surface area contributed by atoms with Crippen LogP contribution in [0.4, 0.5) is 0 Å². The summed E-state index contributed by atoms with van der Waals surface area (Å²) in [6.07, 6.45) is 4.41. The predicted molar refractivity (Wildman–Crippen MR) is 71.8 cm³/mol. The molecule has 2 nitrogen and oxygen atoms in total. The van der Waals surface area contributed by atoms with Crippen LogP contribution in [0.3, 0.4) is 0 Å². The van der Waals surface area contributed by atoms with Crippen LogP contribution in [0, 0.1) is 13.8 Å². The van der Waals surface area contributed by atoms with Crippen LogP contribution in [-0.2, 0) is 5.54 Å². The van der Waals surface area contributed by atoms with Crippen LogP contribution in [0.5, 0.6) is 5.75 Å². The number of methoxy groups -OCH3 is 1. The monoisotopic (exact) mass is 253 g/mol. The van der Waals surface area contributed by atoms with Gasteiger partial charge in [0.15, 0.2) is 0 Å². The molecule has 0 atom stereocenters. The highest BCUT2D eigenvalue weighted by Gasteiger charge is 2.36. The molecule has 0 amide bonds. The van der Waals surface area contributed by atoms with E-state index in [1.807, 2.05) is 6.92 Å². The minimum Gasteiger partial charge on any atom is -0.495 e. The molecule has 94 valence electrons. The molecule has 3 heteroatoms. The molecule has 0 radical (unpaired) electrons. The van der Waals surface area contributed by atoms with E-state index in [9.17, 15) is 0 Å². The lowest BCUT2D eigenvalue weighted by atomic mass is 9.84. The van der Waals surface area contributed by atoms with Gasteiger partial charge in [-0.25, -0.2) is 0 Å². The molecule has 0 aliphatic heterocycles. The summed E-state index contributed by atoms with van der Waals surface area (Å²) in [4.78, 5) is 0. The zero-order chi connectivity index (χ0) is 12.6. The van der Waals surface area contributed by atoms with Crippen molar-refractivity contribution in [2.75, 3.05) is 7.11 Å². The van der Waals surface area contributed by atoms with Gasteiger partial charge < -0.3 is 10.5 Å². The van der Waals surface area contributed by atoms with Crippen LogP contribution < -0.4 is 10.5 Å². The summed E-state index contributed by atoms with van der Waals surface area (Å²) >= 11 is 6.33. The van der Waals surface area contributed by atoms with Crippen molar-refractivity contribution in [1.82, 2.24) is 0 Å². The van der Waals surface area contributed by atoms with E-state index in [1.54, 1.807) is 7.11 Å². The zero-order valence-corrected chi connectivity index (χ0v) is 11.5. The van der Waals surface area contributed by atoms with Gasteiger partial charge in [0.2, 0.25) is 0 Å². The first-order valence-electron chi connectivity index (χ1n) is 6.12. The van der Waals surface area contributed by atoms with E-state index in [-0.39, 0.29) is 5.54 Å². The number of halogens is 1. The average molecular weight is 254 g/mol. The van der Waals surface area contributed by atoms with Crippen molar-refractivity contribution in [2.24, 2.45) is 5.73 Å². The smallest absolute Gasteiger partial charge is 0.143 e.